The normalized spacial score (nSPS) is 11.7. The summed E-state index contributed by atoms with van der Waals surface area (Å²) >= 11 is 6.94. The van der Waals surface area contributed by atoms with Crippen molar-refractivity contribution in [2.75, 3.05) is 10.7 Å². The van der Waals surface area contributed by atoms with Crippen LogP contribution in [0.5, 0.6) is 0 Å². The molecule has 0 nitrogen and oxygen atoms in total. The Hall–Kier alpha value is -0.810. The lowest BCUT2D eigenvalue weighted by Crippen LogP contribution is -2.33. The summed E-state index contributed by atoms with van der Waals surface area (Å²) in [5, 5.41) is 1.16. The lowest BCUT2D eigenvalue weighted by molar-refractivity contribution is 0.535. The third kappa shape index (κ3) is 3.89. The van der Waals surface area contributed by atoms with Crippen molar-refractivity contribution in [3.8, 4) is 0 Å². The van der Waals surface area contributed by atoms with Gasteiger partial charge in [0.05, 0.1) is 0 Å². The van der Waals surface area contributed by atoms with E-state index in [2.05, 4.69) is 31.9 Å². The van der Waals surface area contributed by atoms with Gasteiger partial charge >= 0.3 is 0 Å². The van der Waals surface area contributed by atoms with Crippen LogP contribution in [0, 0.1) is 17.5 Å². The maximum atomic E-state index is 13.4. The Morgan fingerprint density at radius 3 is 1.76 bits per heavy atom. The summed E-state index contributed by atoms with van der Waals surface area (Å²) in [4.78, 5) is 0. The van der Waals surface area contributed by atoms with Gasteiger partial charge in [-0.15, -0.1) is 0 Å². The van der Waals surface area contributed by atoms with Gasteiger partial charge in [0.1, 0.15) is 17.5 Å². The van der Waals surface area contributed by atoms with E-state index in [0.29, 0.717) is 22.6 Å². The van der Waals surface area contributed by atoms with Gasteiger partial charge in [0, 0.05) is 22.1 Å². The van der Waals surface area contributed by atoms with Crippen molar-refractivity contribution in [3.63, 3.8) is 0 Å². The molecular formula is C16H13Br2F3. The highest BCUT2D eigenvalue weighted by Gasteiger charge is 2.30. The van der Waals surface area contributed by atoms with Crippen LogP contribution < -0.4 is 0 Å². The largest absolute Gasteiger partial charge is 0.207 e. The average Bonchev–Trinajstić information content (AvgIpc) is 2.45. The van der Waals surface area contributed by atoms with Crippen LogP contribution >= 0.6 is 31.9 Å². The van der Waals surface area contributed by atoms with Crippen LogP contribution in [-0.4, -0.2) is 10.7 Å². The first-order valence-electron chi connectivity index (χ1n) is 6.32. The smallest absolute Gasteiger partial charge is 0.126 e. The zero-order valence-corrected chi connectivity index (χ0v) is 14.2. The van der Waals surface area contributed by atoms with Crippen LogP contribution in [0.3, 0.4) is 0 Å². The van der Waals surface area contributed by atoms with Crippen molar-refractivity contribution in [2.24, 2.45) is 0 Å². The van der Waals surface area contributed by atoms with E-state index in [0.717, 1.165) is 11.6 Å². The molecule has 0 aromatic heterocycles. The molecule has 0 unspecified atom stereocenters. The Morgan fingerprint density at radius 1 is 0.762 bits per heavy atom. The van der Waals surface area contributed by atoms with Crippen LogP contribution in [0.15, 0.2) is 42.5 Å². The molecule has 21 heavy (non-hydrogen) atoms. The van der Waals surface area contributed by atoms with Gasteiger partial charge in [-0.2, -0.15) is 0 Å². The Labute approximate surface area is 138 Å². The van der Waals surface area contributed by atoms with Crippen molar-refractivity contribution in [2.45, 2.75) is 11.8 Å². The maximum absolute atomic E-state index is 13.4. The molecule has 112 valence electrons. The van der Waals surface area contributed by atoms with Crippen molar-refractivity contribution in [3.05, 3.63) is 71.0 Å². The highest BCUT2D eigenvalue weighted by Crippen LogP contribution is 2.33. The zero-order chi connectivity index (χ0) is 15.5. The Morgan fingerprint density at radius 2 is 1.29 bits per heavy atom. The average molecular weight is 422 g/mol. The molecule has 2 aromatic rings. The quantitative estimate of drug-likeness (QED) is 0.569. The third-order valence-electron chi connectivity index (χ3n) is 3.43. The minimum atomic E-state index is -0.595. The summed E-state index contributed by atoms with van der Waals surface area (Å²) in [6.07, 6.45) is 0.434. The molecule has 0 aliphatic heterocycles. The summed E-state index contributed by atoms with van der Waals surface area (Å²) in [7, 11) is 0. The SMILES string of the molecule is Fc1ccc(C(CBr)(CBr)Cc2cc(F)cc(F)c2)cc1. The van der Waals surface area contributed by atoms with Gasteiger partial charge in [-0.3, -0.25) is 0 Å². The lowest BCUT2D eigenvalue weighted by atomic mass is 9.79. The summed E-state index contributed by atoms with van der Waals surface area (Å²) < 4.78 is 39.8. The van der Waals surface area contributed by atoms with Crippen molar-refractivity contribution in [1.82, 2.24) is 0 Å². The first kappa shape index (κ1) is 16.6. The number of rotatable bonds is 5. The van der Waals surface area contributed by atoms with Crippen molar-refractivity contribution >= 4 is 31.9 Å². The van der Waals surface area contributed by atoms with E-state index < -0.39 is 17.0 Å². The molecule has 2 aromatic carbocycles. The van der Waals surface area contributed by atoms with Crippen LogP contribution in [0.4, 0.5) is 13.2 Å². The molecule has 0 heterocycles. The van der Waals surface area contributed by atoms with Crippen LogP contribution in [0.1, 0.15) is 11.1 Å². The minimum absolute atomic E-state index is 0.311. The fraction of sp³-hybridized carbons (Fsp3) is 0.250. The second-order valence-corrected chi connectivity index (χ2v) is 6.13. The van der Waals surface area contributed by atoms with E-state index >= 15 is 0 Å². The van der Waals surface area contributed by atoms with Gasteiger partial charge in [-0.05, 0) is 41.8 Å². The molecule has 5 heteroatoms. The monoisotopic (exact) mass is 420 g/mol. The number of alkyl halides is 2. The predicted octanol–water partition coefficient (Wildman–Crippen LogP) is 5.37. The first-order chi connectivity index (χ1) is 9.99. The van der Waals surface area contributed by atoms with E-state index in [9.17, 15) is 13.2 Å². The van der Waals surface area contributed by atoms with E-state index in [4.69, 9.17) is 0 Å². The van der Waals surface area contributed by atoms with E-state index in [1.54, 1.807) is 12.1 Å². The minimum Gasteiger partial charge on any atom is -0.207 e. The second-order valence-electron chi connectivity index (χ2n) is 5.01. The molecule has 0 fully saturated rings. The highest BCUT2D eigenvalue weighted by molar-refractivity contribution is 9.09. The van der Waals surface area contributed by atoms with Gasteiger partial charge in [-0.25, -0.2) is 13.2 Å². The van der Waals surface area contributed by atoms with Crippen LogP contribution in [0.2, 0.25) is 0 Å². The molecule has 0 amide bonds. The molecule has 2 rings (SSSR count). The molecular weight excluding hydrogens is 409 g/mol. The number of benzene rings is 2. The molecule has 0 atom stereocenters. The molecule has 0 aliphatic rings. The summed E-state index contributed by atoms with van der Waals surface area (Å²) in [6, 6.07) is 9.69. The molecule has 0 aliphatic carbocycles. The number of hydrogen-bond donors (Lipinski definition) is 0. The lowest BCUT2D eigenvalue weighted by Gasteiger charge is -2.31. The fourth-order valence-electron chi connectivity index (χ4n) is 2.29. The Balaban J connectivity index is 2.40. The molecule has 0 saturated carbocycles. The van der Waals surface area contributed by atoms with E-state index in [1.165, 1.54) is 24.3 Å². The van der Waals surface area contributed by atoms with Gasteiger partial charge < -0.3 is 0 Å². The van der Waals surface area contributed by atoms with Crippen molar-refractivity contribution < 1.29 is 13.2 Å². The molecule has 0 N–H and O–H groups in total. The zero-order valence-electron chi connectivity index (χ0n) is 11.1. The van der Waals surface area contributed by atoms with Gasteiger partial charge in [0.2, 0.25) is 0 Å². The van der Waals surface area contributed by atoms with Gasteiger partial charge in [0.25, 0.3) is 0 Å². The van der Waals surface area contributed by atoms with E-state index in [-0.39, 0.29) is 5.82 Å². The summed E-state index contributed by atoms with van der Waals surface area (Å²) in [6.45, 7) is 0. The molecule has 0 saturated heterocycles. The molecule has 0 bridgehead atoms. The Bertz CT molecular complexity index is 587. The maximum Gasteiger partial charge on any atom is 0.126 e. The number of hydrogen-bond acceptors (Lipinski definition) is 0. The van der Waals surface area contributed by atoms with Crippen LogP contribution in [-0.2, 0) is 11.8 Å². The van der Waals surface area contributed by atoms with Gasteiger partial charge in [-0.1, -0.05) is 44.0 Å². The van der Waals surface area contributed by atoms with Crippen LogP contribution in [0.25, 0.3) is 0 Å². The summed E-state index contributed by atoms with van der Waals surface area (Å²) in [5.74, 6) is -1.50. The van der Waals surface area contributed by atoms with E-state index in [1.807, 2.05) is 0 Å². The first-order valence-corrected chi connectivity index (χ1v) is 8.56. The van der Waals surface area contributed by atoms with Crippen molar-refractivity contribution in [1.29, 1.82) is 0 Å². The topological polar surface area (TPSA) is 0 Å². The molecule has 0 spiro atoms. The highest BCUT2D eigenvalue weighted by atomic mass is 79.9. The van der Waals surface area contributed by atoms with Gasteiger partial charge in [0.15, 0.2) is 0 Å². The fourth-order valence-corrected chi connectivity index (χ4v) is 4.27. The third-order valence-corrected chi connectivity index (χ3v) is 5.58. The number of halogens is 5. The predicted molar refractivity (Wildman–Crippen MR) is 85.7 cm³/mol. The summed E-state index contributed by atoms with van der Waals surface area (Å²) in [5.41, 5.74) is 1.06. The second kappa shape index (κ2) is 6.97. The molecule has 0 radical (unpaired) electrons. The standard InChI is InChI=1S/C16H13Br2F3/c17-9-16(10-18,12-1-3-13(19)4-2-12)8-11-5-14(20)7-15(21)6-11/h1-7H,8-10H2. The Kier molecular flexibility index (Phi) is 5.49.